The fraction of sp³-hybridized carbons (Fsp3) is 0.625. The summed E-state index contributed by atoms with van der Waals surface area (Å²) in [7, 11) is 0. The summed E-state index contributed by atoms with van der Waals surface area (Å²) in [5.41, 5.74) is 9.47. The first-order chi connectivity index (χ1) is 7.97. The third kappa shape index (κ3) is 1.26. The Kier molecular flexibility index (Phi) is 2.14. The van der Waals surface area contributed by atoms with Crippen molar-refractivity contribution in [2.45, 2.75) is 46.0 Å². The highest BCUT2D eigenvalue weighted by molar-refractivity contribution is 5.50. The van der Waals surface area contributed by atoms with Gasteiger partial charge in [-0.2, -0.15) is 0 Å². The van der Waals surface area contributed by atoms with Gasteiger partial charge in [0.2, 0.25) is 0 Å². The number of rotatable bonds is 1. The third-order valence-electron chi connectivity index (χ3n) is 6.17. The number of benzene rings is 1. The van der Waals surface area contributed by atoms with Crippen molar-refractivity contribution in [1.82, 2.24) is 0 Å². The van der Waals surface area contributed by atoms with Crippen LogP contribution in [0.4, 0.5) is 5.69 Å². The summed E-state index contributed by atoms with van der Waals surface area (Å²) in [4.78, 5) is 0. The number of nitrogen functional groups attached to an aromatic ring is 1. The zero-order chi connectivity index (χ0) is 12.3. The first-order valence-electron chi connectivity index (χ1n) is 6.81. The number of anilines is 1. The van der Waals surface area contributed by atoms with Gasteiger partial charge in [0.05, 0.1) is 0 Å². The second-order valence-corrected chi connectivity index (χ2v) is 6.79. The molecule has 1 nitrogen and oxygen atoms in total. The maximum absolute atomic E-state index is 6.18. The molecular formula is C16H23N. The van der Waals surface area contributed by atoms with Gasteiger partial charge in [0.15, 0.2) is 0 Å². The van der Waals surface area contributed by atoms with Gasteiger partial charge in [0.1, 0.15) is 0 Å². The van der Waals surface area contributed by atoms with Crippen LogP contribution in [0.25, 0.3) is 0 Å². The van der Waals surface area contributed by atoms with Gasteiger partial charge in [0, 0.05) is 5.69 Å². The predicted molar refractivity (Wildman–Crippen MR) is 72.8 cm³/mol. The smallest absolute Gasteiger partial charge is 0.0349 e. The monoisotopic (exact) mass is 229 g/mol. The van der Waals surface area contributed by atoms with E-state index in [0.29, 0.717) is 16.7 Å². The molecule has 1 aromatic carbocycles. The van der Waals surface area contributed by atoms with Gasteiger partial charge < -0.3 is 5.73 Å². The highest BCUT2D eigenvalue weighted by Crippen LogP contribution is 2.71. The molecule has 0 aromatic heterocycles. The molecule has 3 rings (SSSR count). The molecule has 2 fully saturated rings. The second kappa shape index (κ2) is 3.28. The molecule has 2 bridgehead atoms. The molecule has 2 N–H and O–H groups in total. The van der Waals surface area contributed by atoms with Crippen LogP contribution in [0.1, 0.15) is 51.5 Å². The lowest BCUT2D eigenvalue weighted by Gasteiger charge is -2.40. The van der Waals surface area contributed by atoms with Crippen LogP contribution in [0.3, 0.4) is 0 Å². The van der Waals surface area contributed by atoms with Gasteiger partial charge in [0.25, 0.3) is 0 Å². The van der Waals surface area contributed by atoms with Crippen LogP contribution in [0.5, 0.6) is 0 Å². The molecule has 1 aromatic rings. The Bertz CT molecular complexity index is 449. The van der Waals surface area contributed by atoms with Crippen molar-refractivity contribution >= 4 is 5.69 Å². The summed E-state index contributed by atoms with van der Waals surface area (Å²) in [6.45, 7) is 7.41. The highest BCUT2D eigenvalue weighted by atomic mass is 14.7. The maximum atomic E-state index is 6.18. The SMILES string of the molecule is CC1(C)C2CCC1(C)C(c1ccccc1N)C2. The standard InChI is InChI=1S/C16H23N/c1-15(2)11-8-9-16(15,3)13(10-11)12-6-4-5-7-14(12)17/h4-7,11,13H,8-10,17H2,1-3H3. The highest BCUT2D eigenvalue weighted by Gasteiger charge is 2.61. The van der Waals surface area contributed by atoms with Gasteiger partial charge in [-0.1, -0.05) is 39.0 Å². The minimum Gasteiger partial charge on any atom is -0.398 e. The fourth-order valence-electron chi connectivity index (χ4n) is 4.50. The van der Waals surface area contributed by atoms with Crippen molar-refractivity contribution < 1.29 is 0 Å². The van der Waals surface area contributed by atoms with E-state index >= 15 is 0 Å². The molecule has 2 aliphatic rings. The number of hydrogen-bond donors (Lipinski definition) is 1. The molecule has 0 saturated heterocycles. The minimum absolute atomic E-state index is 0.438. The predicted octanol–water partition coefficient (Wildman–Crippen LogP) is 4.20. The lowest BCUT2D eigenvalue weighted by molar-refractivity contribution is 0.135. The summed E-state index contributed by atoms with van der Waals surface area (Å²) >= 11 is 0. The first kappa shape index (κ1) is 11.1. The van der Waals surface area contributed by atoms with E-state index in [-0.39, 0.29) is 0 Å². The van der Waals surface area contributed by atoms with Crippen LogP contribution in [0.2, 0.25) is 0 Å². The summed E-state index contributed by atoms with van der Waals surface area (Å²) in [5, 5.41) is 0. The van der Waals surface area contributed by atoms with Crippen LogP contribution < -0.4 is 5.73 Å². The van der Waals surface area contributed by atoms with E-state index in [1.807, 2.05) is 6.07 Å². The largest absolute Gasteiger partial charge is 0.398 e. The van der Waals surface area contributed by atoms with Gasteiger partial charge in [-0.05, 0) is 53.6 Å². The van der Waals surface area contributed by atoms with Crippen molar-refractivity contribution in [1.29, 1.82) is 0 Å². The summed E-state index contributed by atoms with van der Waals surface area (Å²) in [5.74, 6) is 1.55. The lowest BCUT2D eigenvalue weighted by Crippen LogP contribution is -2.31. The number of hydrogen-bond acceptors (Lipinski definition) is 1. The van der Waals surface area contributed by atoms with Crippen LogP contribution in [0.15, 0.2) is 24.3 Å². The zero-order valence-electron chi connectivity index (χ0n) is 11.2. The lowest BCUT2D eigenvalue weighted by atomic mass is 9.65. The molecule has 2 saturated carbocycles. The van der Waals surface area contributed by atoms with Crippen LogP contribution in [-0.4, -0.2) is 0 Å². The maximum Gasteiger partial charge on any atom is 0.0349 e. The molecule has 0 amide bonds. The molecule has 17 heavy (non-hydrogen) atoms. The Labute approximate surface area is 104 Å². The van der Waals surface area contributed by atoms with E-state index in [1.165, 1.54) is 24.8 Å². The first-order valence-corrected chi connectivity index (χ1v) is 6.81. The topological polar surface area (TPSA) is 26.0 Å². The van der Waals surface area contributed by atoms with Gasteiger partial charge >= 0.3 is 0 Å². The van der Waals surface area contributed by atoms with Crippen molar-refractivity contribution in [2.75, 3.05) is 5.73 Å². The molecule has 92 valence electrons. The van der Waals surface area contributed by atoms with Crippen molar-refractivity contribution in [2.24, 2.45) is 16.7 Å². The molecule has 3 unspecified atom stereocenters. The Hall–Kier alpha value is -0.980. The van der Waals surface area contributed by atoms with Crippen molar-refractivity contribution in [3.8, 4) is 0 Å². The molecule has 1 heteroatoms. The van der Waals surface area contributed by atoms with Crippen LogP contribution in [-0.2, 0) is 0 Å². The second-order valence-electron chi connectivity index (χ2n) is 6.79. The number of fused-ring (bicyclic) bond motifs is 2. The van der Waals surface area contributed by atoms with E-state index in [4.69, 9.17) is 5.73 Å². The van der Waals surface area contributed by atoms with Gasteiger partial charge in [-0.15, -0.1) is 0 Å². The average Bonchev–Trinajstić information content (AvgIpc) is 2.62. The average molecular weight is 229 g/mol. The normalized spacial score (nSPS) is 38.5. The van der Waals surface area contributed by atoms with Gasteiger partial charge in [-0.25, -0.2) is 0 Å². The number of nitrogens with two attached hydrogens (primary N) is 1. The van der Waals surface area contributed by atoms with E-state index in [2.05, 4.69) is 39.0 Å². The molecule has 0 heterocycles. The summed E-state index contributed by atoms with van der Waals surface area (Å²) in [6.07, 6.45) is 4.11. The zero-order valence-corrected chi connectivity index (χ0v) is 11.2. The molecule has 0 radical (unpaired) electrons. The number of para-hydroxylation sites is 1. The van der Waals surface area contributed by atoms with Crippen molar-refractivity contribution in [3.05, 3.63) is 29.8 Å². The van der Waals surface area contributed by atoms with Crippen molar-refractivity contribution in [3.63, 3.8) is 0 Å². The Morgan fingerprint density at radius 2 is 1.88 bits per heavy atom. The summed E-state index contributed by atoms with van der Waals surface area (Å²) in [6, 6.07) is 8.47. The Balaban J connectivity index is 2.06. The molecule has 0 spiro atoms. The van der Waals surface area contributed by atoms with Crippen LogP contribution >= 0.6 is 0 Å². The Morgan fingerprint density at radius 1 is 1.18 bits per heavy atom. The fourth-order valence-corrected chi connectivity index (χ4v) is 4.50. The quantitative estimate of drug-likeness (QED) is 0.718. The van der Waals surface area contributed by atoms with E-state index in [1.54, 1.807) is 0 Å². The minimum atomic E-state index is 0.438. The van der Waals surface area contributed by atoms with E-state index in [9.17, 15) is 0 Å². The van der Waals surface area contributed by atoms with Crippen LogP contribution in [0, 0.1) is 16.7 Å². The third-order valence-corrected chi connectivity index (χ3v) is 6.17. The Morgan fingerprint density at radius 3 is 2.41 bits per heavy atom. The van der Waals surface area contributed by atoms with E-state index < -0.39 is 0 Å². The molecule has 2 aliphatic carbocycles. The molecule has 3 atom stereocenters. The molecule has 0 aliphatic heterocycles. The molecular weight excluding hydrogens is 206 g/mol. The van der Waals surface area contributed by atoms with Gasteiger partial charge in [-0.3, -0.25) is 0 Å². The van der Waals surface area contributed by atoms with E-state index in [0.717, 1.165) is 11.6 Å². The summed E-state index contributed by atoms with van der Waals surface area (Å²) < 4.78 is 0.